The number of hydrogen-bond acceptors (Lipinski definition) is 6. The number of fused-ring (bicyclic) bond motifs is 1. The number of nitrogens with one attached hydrogen (secondary N) is 1. The number of hydrogen-bond donors (Lipinski definition) is 1. The third-order valence-electron chi connectivity index (χ3n) is 5.05. The van der Waals surface area contributed by atoms with Gasteiger partial charge in [-0.15, -0.1) is 0 Å². The Kier molecular flexibility index (Phi) is 4.34. The molecule has 0 aliphatic carbocycles. The second-order valence-corrected chi connectivity index (χ2v) is 7.46. The number of aliphatic imine (C=N–C) groups is 1. The molecule has 0 bridgehead atoms. The Hall–Kier alpha value is -1.05. The lowest BCUT2D eigenvalue weighted by Gasteiger charge is -2.43. The van der Waals surface area contributed by atoms with Crippen LogP contribution >= 0.6 is 11.8 Å². The highest BCUT2D eigenvalue weighted by molar-refractivity contribution is 8.16. The van der Waals surface area contributed by atoms with Gasteiger partial charge >= 0.3 is 0 Å². The molecule has 7 heteroatoms. The highest BCUT2D eigenvalue weighted by Crippen LogP contribution is 2.35. The molecular weight excluding hydrogens is 314 g/mol. The Labute approximate surface area is 140 Å². The predicted octanol–water partition coefficient (Wildman–Crippen LogP) is 1.48. The van der Waals surface area contributed by atoms with Crippen LogP contribution in [0.25, 0.3) is 0 Å². The summed E-state index contributed by atoms with van der Waals surface area (Å²) in [7, 11) is 0. The standard InChI is InChI=1S/C16H23N3O3S/c20-14(9-13-11-23-15-17-4-5-19(13)15)18-12-1-6-22-16(10-12)2-7-21-8-3-16/h11-12H,1-10H2,(H,18,20)/t12-/m1/s1. The van der Waals surface area contributed by atoms with E-state index in [1.807, 2.05) is 0 Å². The molecule has 4 heterocycles. The fourth-order valence-corrected chi connectivity index (χ4v) is 4.76. The van der Waals surface area contributed by atoms with E-state index in [-0.39, 0.29) is 17.6 Å². The van der Waals surface area contributed by atoms with Gasteiger partial charge < -0.3 is 19.7 Å². The SMILES string of the molecule is O=C(CC1=CSC2=NCCN12)N[C@@H]1CCOC2(CCOCC2)C1. The molecule has 126 valence electrons. The second kappa shape index (κ2) is 6.45. The van der Waals surface area contributed by atoms with E-state index in [1.165, 1.54) is 0 Å². The summed E-state index contributed by atoms with van der Waals surface area (Å²) < 4.78 is 11.5. The Balaban J connectivity index is 1.31. The van der Waals surface area contributed by atoms with Crippen LogP contribution in [0.4, 0.5) is 0 Å². The summed E-state index contributed by atoms with van der Waals surface area (Å²) in [6.07, 6.45) is 4.13. The second-order valence-electron chi connectivity index (χ2n) is 6.62. The number of thioether (sulfide) groups is 1. The van der Waals surface area contributed by atoms with E-state index in [0.29, 0.717) is 6.42 Å². The van der Waals surface area contributed by atoms with Gasteiger partial charge in [-0.05, 0) is 31.1 Å². The Morgan fingerprint density at radius 1 is 1.43 bits per heavy atom. The number of nitrogens with zero attached hydrogens (tertiary/aromatic N) is 2. The van der Waals surface area contributed by atoms with E-state index in [4.69, 9.17) is 9.47 Å². The van der Waals surface area contributed by atoms with Gasteiger partial charge in [0.2, 0.25) is 5.91 Å². The van der Waals surface area contributed by atoms with Crippen molar-refractivity contribution in [1.82, 2.24) is 10.2 Å². The first-order valence-corrected chi connectivity index (χ1v) is 9.31. The zero-order valence-corrected chi connectivity index (χ0v) is 14.1. The van der Waals surface area contributed by atoms with Crippen molar-refractivity contribution in [1.29, 1.82) is 0 Å². The largest absolute Gasteiger partial charge is 0.381 e. The van der Waals surface area contributed by atoms with Crippen LogP contribution in [0.15, 0.2) is 16.1 Å². The van der Waals surface area contributed by atoms with Gasteiger partial charge in [0.05, 0.1) is 18.6 Å². The minimum atomic E-state index is -0.0777. The van der Waals surface area contributed by atoms with Gasteiger partial charge in [-0.25, -0.2) is 0 Å². The fraction of sp³-hybridized carbons (Fsp3) is 0.750. The molecule has 6 nitrogen and oxygen atoms in total. The first-order chi connectivity index (χ1) is 11.2. The molecule has 1 amide bonds. The third kappa shape index (κ3) is 3.27. The molecule has 23 heavy (non-hydrogen) atoms. The topological polar surface area (TPSA) is 63.2 Å². The number of ether oxygens (including phenoxy) is 2. The number of amides is 1. The fourth-order valence-electron chi connectivity index (χ4n) is 3.80. The van der Waals surface area contributed by atoms with Crippen molar-refractivity contribution < 1.29 is 14.3 Å². The maximum absolute atomic E-state index is 12.4. The van der Waals surface area contributed by atoms with E-state index in [0.717, 1.165) is 69.5 Å². The Bertz CT molecular complexity index is 537. The van der Waals surface area contributed by atoms with Crippen LogP contribution in [0.2, 0.25) is 0 Å². The quantitative estimate of drug-likeness (QED) is 0.845. The minimum absolute atomic E-state index is 0.0777. The van der Waals surface area contributed by atoms with Gasteiger partial charge in [0.1, 0.15) is 0 Å². The molecule has 4 rings (SSSR count). The zero-order valence-electron chi connectivity index (χ0n) is 13.3. The molecule has 2 saturated heterocycles. The molecule has 1 atom stereocenters. The normalized spacial score (nSPS) is 29.2. The zero-order chi connectivity index (χ0) is 15.7. The first-order valence-electron chi connectivity index (χ1n) is 8.43. The Morgan fingerprint density at radius 2 is 2.30 bits per heavy atom. The van der Waals surface area contributed by atoms with E-state index in [1.54, 1.807) is 11.8 Å². The van der Waals surface area contributed by atoms with Crippen LogP contribution in [-0.4, -0.2) is 60.5 Å². The van der Waals surface area contributed by atoms with Crippen LogP contribution < -0.4 is 5.32 Å². The van der Waals surface area contributed by atoms with Crippen LogP contribution in [0.5, 0.6) is 0 Å². The summed E-state index contributed by atoms with van der Waals surface area (Å²) >= 11 is 1.63. The number of rotatable bonds is 3. The number of amidine groups is 1. The molecule has 4 aliphatic rings. The van der Waals surface area contributed by atoms with E-state index in [9.17, 15) is 4.79 Å². The minimum Gasteiger partial charge on any atom is -0.381 e. The van der Waals surface area contributed by atoms with Crippen molar-refractivity contribution >= 4 is 22.8 Å². The molecule has 1 N–H and O–H groups in total. The molecular formula is C16H23N3O3S. The van der Waals surface area contributed by atoms with Crippen LogP contribution in [0, 0.1) is 0 Å². The van der Waals surface area contributed by atoms with Crippen LogP contribution in [0.3, 0.4) is 0 Å². The summed E-state index contributed by atoms with van der Waals surface area (Å²) in [6.45, 7) is 4.00. The number of carbonyl (C=O) groups excluding carboxylic acids is 1. The average Bonchev–Trinajstić information content (AvgIpc) is 3.13. The van der Waals surface area contributed by atoms with Crippen molar-refractivity contribution in [2.75, 3.05) is 32.9 Å². The summed E-state index contributed by atoms with van der Waals surface area (Å²) in [6, 6.07) is 0.218. The molecule has 0 saturated carbocycles. The maximum atomic E-state index is 12.4. The molecule has 4 aliphatic heterocycles. The molecule has 0 aromatic carbocycles. The van der Waals surface area contributed by atoms with Crippen molar-refractivity contribution in [3.8, 4) is 0 Å². The summed E-state index contributed by atoms with van der Waals surface area (Å²) in [5, 5.41) is 6.32. The van der Waals surface area contributed by atoms with Crippen molar-refractivity contribution in [3.05, 3.63) is 11.1 Å². The van der Waals surface area contributed by atoms with E-state index in [2.05, 4.69) is 20.6 Å². The maximum Gasteiger partial charge on any atom is 0.226 e. The van der Waals surface area contributed by atoms with Crippen molar-refractivity contribution in [2.24, 2.45) is 4.99 Å². The highest BCUT2D eigenvalue weighted by atomic mass is 32.2. The van der Waals surface area contributed by atoms with Gasteiger partial charge in [0.15, 0.2) is 5.17 Å². The average molecular weight is 337 g/mol. The lowest BCUT2D eigenvalue weighted by atomic mass is 9.84. The monoisotopic (exact) mass is 337 g/mol. The van der Waals surface area contributed by atoms with Crippen LogP contribution in [-0.2, 0) is 14.3 Å². The lowest BCUT2D eigenvalue weighted by molar-refractivity contribution is -0.143. The molecule has 0 radical (unpaired) electrons. The molecule has 0 unspecified atom stereocenters. The van der Waals surface area contributed by atoms with Gasteiger partial charge in [0, 0.05) is 38.1 Å². The highest BCUT2D eigenvalue weighted by Gasteiger charge is 2.39. The third-order valence-corrected chi connectivity index (χ3v) is 6.00. The van der Waals surface area contributed by atoms with Crippen molar-refractivity contribution in [3.63, 3.8) is 0 Å². The summed E-state index contributed by atoms with van der Waals surface area (Å²) in [4.78, 5) is 19.0. The Morgan fingerprint density at radius 3 is 3.17 bits per heavy atom. The molecule has 0 aromatic heterocycles. The smallest absolute Gasteiger partial charge is 0.226 e. The first kappa shape index (κ1) is 15.5. The number of carbonyl (C=O) groups is 1. The predicted molar refractivity (Wildman–Crippen MR) is 89.2 cm³/mol. The van der Waals surface area contributed by atoms with Gasteiger partial charge in [0.25, 0.3) is 0 Å². The lowest BCUT2D eigenvalue weighted by Crippen LogP contribution is -2.51. The van der Waals surface area contributed by atoms with E-state index < -0.39 is 0 Å². The van der Waals surface area contributed by atoms with E-state index >= 15 is 0 Å². The molecule has 0 aromatic rings. The van der Waals surface area contributed by atoms with Gasteiger partial charge in [-0.2, -0.15) is 0 Å². The molecule has 2 fully saturated rings. The van der Waals surface area contributed by atoms with Crippen LogP contribution in [0.1, 0.15) is 32.1 Å². The molecule has 1 spiro atoms. The van der Waals surface area contributed by atoms with Gasteiger partial charge in [-0.1, -0.05) is 11.8 Å². The summed E-state index contributed by atoms with van der Waals surface area (Å²) in [5.74, 6) is 0.110. The summed E-state index contributed by atoms with van der Waals surface area (Å²) in [5.41, 5.74) is 1.00. The van der Waals surface area contributed by atoms with Crippen molar-refractivity contribution in [2.45, 2.75) is 43.7 Å². The van der Waals surface area contributed by atoms with Gasteiger partial charge in [-0.3, -0.25) is 9.79 Å².